The highest BCUT2D eigenvalue weighted by Crippen LogP contribution is 2.37. The molecule has 3 aliphatic rings. The largest absolute Gasteiger partial charge is 0.379 e. The van der Waals surface area contributed by atoms with E-state index in [9.17, 15) is 4.79 Å². The van der Waals surface area contributed by atoms with Crippen LogP contribution in [0.15, 0.2) is 48.8 Å². The van der Waals surface area contributed by atoms with Gasteiger partial charge < -0.3 is 24.6 Å². The number of carbonyl (C=O) groups is 1. The zero-order valence-corrected chi connectivity index (χ0v) is 22.2. The molecule has 7 heteroatoms. The topological polar surface area (TPSA) is 66.9 Å². The van der Waals surface area contributed by atoms with Gasteiger partial charge in [-0.05, 0) is 75.7 Å². The molecule has 1 aromatic heterocycles. The number of amides is 1. The van der Waals surface area contributed by atoms with Gasteiger partial charge in [0.25, 0.3) is 5.91 Å². The molecule has 200 valence electrons. The summed E-state index contributed by atoms with van der Waals surface area (Å²) < 4.78 is 12.5. The van der Waals surface area contributed by atoms with Crippen LogP contribution < -0.4 is 5.32 Å². The summed E-state index contributed by atoms with van der Waals surface area (Å²) in [5.41, 5.74) is 3.14. The fourth-order valence-corrected chi connectivity index (χ4v) is 6.28. The molecule has 0 bridgehead atoms. The Morgan fingerprint density at radius 2 is 1.92 bits per heavy atom. The fraction of sp³-hybridized carbons (Fsp3) is 0.600. The second kappa shape index (κ2) is 12.4. The van der Waals surface area contributed by atoms with E-state index in [1.165, 1.54) is 37.9 Å². The molecule has 2 atom stereocenters. The van der Waals surface area contributed by atoms with Gasteiger partial charge in [0.2, 0.25) is 0 Å². The summed E-state index contributed by atoms with van der Waals surface area (Å²) in [5, 5.41) is 3.56. The Bertz CT molecular complexity index is 1000. The number of carbonyl (C=O) groups excluding carboxylic acids is 1. The van der Waals surface area contributed by atoms with Crippen molar-refractivity contribution in [3.8, 4) is 0 Å². The molecule has 4 heterocycles. The molecule has 0 saturated carbocycles. The van der Waals surface area contributed by atoms with Crippen LogP contribution in [0.4, 0.5) is 5.69 Å². The third-order valence-corrected chi connectivity index (χ3v) is 8.46. The lowest BCUT2D eigenvalue weighted by atomic mass is 9.84. The monoisotopic (exact) mass is 506 g/mol. The summed E-state index contributed by atoms with van der Waals surface area (Å²) in [7, 11) is 1.65. The van der Waals surface area contributed by atoms with Crippen molar-refractivity contribution in [1.29, 1.82) is 0 Å². The fourth-order valence-electron chi connectivity index (χ4n) is 6.28. The Labute approximate surface area is 221 Å². The van der Waals surface area contributed by atoms with Crippen LogP contribution in [0, 0.1) is 0 Å². The molecule has 1 N–H and O–H groups in total. The maximum Gasteiger partial charge on any atom is 0.253 e. The maximum atomic E-state index is 13.6. The number of fused-ring (bicyclic) bond motifs is 1. The standard InChI is InChI=1S/C30H42N4O3/c1-36-28(27-13-12-24-9-3-4-11-26(24)32-27)29(35)34-20-14-30(15-21-34,25-10-7-16-31-23-25)37-22-8-19-33-17-5-2-6-18-33/h3-4,7,9-11,16,23,27-28,32H,2,5-6,8,12-15,17-22H2,1H3. The number of benzene rings is 1. The number of aryl methyl sites for hydroxylation is 1. The number of hydrogen-bond donors (Lipinski definition) is 1. The molecule has 3 aliphatic heterocycles. The molecule has 1 amide bonds. The Kier molecular flexibility index (Phi) is 8.74. The van der Waals surface area contributed by atoms with Crippen molar-refractivity contribution in [2.24, 2.45) is 0 Å². The number of ether oxygens (including phenoxy) is 2. The van der Waals surface area contributed by atoms with E-state index in [2.05, 4.69) is 39.5 Å². The van der Waals surface area contributed by atoms with E-state index in [1.807, 2.05) is 29.4 Å². The number of anilines is 1. The van der Waals surface area contributed by atoms with Gasteiger partial charge in [-0.3, -0.25) is 9.78 Å². The number of hydrogen-bond acceptors (Lipinski definition) is 6. The normalized spacial score (nSPS) is 22.6. The van der Waals surface area contributed by atoms with Gasteiger partial charge in [-0.25, -0.2) is 0 Å². The van der Waals surface area contributed by atoms with Crippen LogP contribution in [0.5, 0.6) is 0 Å². The molecule has 37 heavy (non-hydrogen) atoms. The van der Waals surface area contributed by atoms with Gasteiger partial charge in [0.1, 0.15) is 0 Å². The highest BCUT2D eigenvalue weighted by Gasteiger charge is 2.41. The number of nitrogens with one attached hydrogen (secondary N) is 1. The minimum absolute atomic E-state index is 0.0246. The molecular weight excluding hydrogens is 464 g/mol. The molecule has 1 aromatic carbocycles. The van der Waals surface area contributed by atoms with Crippen LogP contribution in [-0.2, 0) is 26.3 Å². The van der Waals surface area contributed by atoms with Gasteiger partial charge in [0.15, 0.2) is 6.10 Å². The van der Waals surface area contributed by atoms with Crippen molar-refractivity contribution >= 4 is 11.6 Å². The molecule has 2 saturated heterocycles. The lowest BCUT2D eigenvalue weighted by Gasteiger charge is -2.43. The molecule has 2 fully saturated rings. The lowest BCUT2D eigenvalue weighted by molar-refractivity contribution is -0.150. The predicted molar refractivity (Wildman–Crippen MR) is 146 cm³/mol. The smallest absolute Gasteiger partial charge is 0.253 e. The molecule has 0 radical (unpaired) electrons. The number of aromatic nitrogens is 1. The summed E-state index contributed by atoms with van der Waals surface area (Å²) in [5.74, 6) is 0.0734. The number of likely N-dealkylation sites (tertiary alicyclic amines) is 2. The second-order valence-electron chi connectivity index (χ2n) is 10.8. The highest BCUT2D eigenvalue weighted by molar-refractivity contribution is 5.82. The van der Waals surface area contributed by atoms with Crippen LogP contribution in [-0.4, -0.2) is 79.3 Å². The SMILES string of the molecule is COC(C(=O)N1CCC(OCCCN2CCCCC2)(c2cccnc2)CC1)C1CCc2ccccc2N1. The number of methoxy groups -OCH3 is 1. The van der Waals surface area contributed by atoms with Gasteiger partial charge in [-0.2, -0.15) is 0 Å². The van der Waals surface area contributed by atoms with E-state index >= 15 is 0 Å². The Balaban J connectivity index is 1.20. The van der Waals surface area contributed by atoms with Crippen molar-refractivity contribution in [3.63, 3.8) is 0 Å². The molecule has 2 unspecified atom stereocenters. The summed E-state index contributed by atoms with van der Waals surface area (Å²) in [6.45, 7) is 5.57. The Morgan fingerprint density at radius 1 is 1.11 bits per heavy atom. The van der Waals surface area contributed by atoms with E-state index in [-0.39, 0.29) is 11.9 Å². The van der Waals surface area contributed by atoms with Crippen LogP contribution in [0.25, 0.3) is 0 Å². The first kappa shape index (κ1) is 26.1. The van der Waals surface area contributed by atoms with Gasteiger partial charge in [0, 0.05) is 57.0 Å². The number of rotatable bonds is 9. The average molecular weight is 507 g/mol. The van der Waals surface area contributed by atoms with Crippen molar-refractivity contribution in [3.05, 3.63) is 59.9 Å². The van der Waals surface area contributed by atoms with Crippen LogP contribution in [0.1, 0.15) is 56.1 Å². The molecule has 2 aromatic rings. The Hall–Kier alpha value is -2.48. The molecule has 5 rings (SSSR count). The average Bonchev–Trinajstić information content (AvgIpc) is 2.97. The van der Waals surface area contributed by atoms with Gasteiger partial charge in [-0.15, -0.1) is 0 Å². The quantitative estimate of drug-likeness (QED) is 0.514. The maximum absolute atomic E-state index is 13.6. The van der Waals surface area contributed by atoms with Crippen LogP contribution in [0.2, 0.25) is 0 Å². The van der Waals surface area contributed by atoms with E-state index < -0.39 is 11.7 Å². The summed E-state index contributed by atoms with van der Waals surface area (Å²) >= 11 is 0. The lowest BCUT2D eigenvalue weighted by Crippen LogP contribution is -2.54. The zero-order valence-electron chi connectivity index (χ0n) is 22.2. The first-order valence-corrected chi connectivity index (χ1v) is 14.1. The highest BCUT2D eigenvalue weighted by atomic mass is 16.5. The third-order valence-electron chi connectivity index (χ3n) is 8.46. The van der Waals surface area contributed by atoms with Crippen molar-refractivity contribution in [2.45, 2.75) is 69.1 Å². The molecule has 7 nitrogen and oxygen atoms in total. The first-order valence-electron chi connectivity index (χ1n) is 14.1. The first-order chi connectivity index (χ1) is 18.2. The minimum atomic E-state index is -0.496. The van der Waals surface area contributed by atoms with Crippen molar-refractivity contribution in [2.75, 3.05) is 51.8 Å². The zero-order chi connectivity index (χ0) is 25.5. The van der Waals surface area contributed by atoms with Crippen molar-refractivity contribution < 1.29 is 14.3 Å². The van der Waals surface area contributed by atoms with Crippen LogP contribution in [0.3, 0.4) is 0 Å². The molecule has 0 spiro atoms. The molecular formula is C30H42N4O3. The van der Waals surface area contributed by atoms with Gasteiger partial charge in [-0.1, -0.05) is 30.7 Å². The number of nitrogens with zero attached hydrogens (tertiary/aromatic N) is 3. The summed E-state index contributed by atoms with van der Waals surface area (Å²) in [6, 6.07) is 12.4. The second-order valence-corrected chi connectivity index (χ2v) is 10.8. The number of pyridine rings is 1. The van der Waals surface area contributed by atoms with E-state index in [4.69, 9.17) is 9.47 Å². The van der Waals surface area contributed by atoms with E-state index in [0.29, 0.717) is 13.1 Å². The summed E-state index contributed by atoms with van der Waals surface area (Å²) in [6.07, 6.45) is 11.7. The van der Waals surface area contributed by atoms with E-state index in [0.717, 1.165) is 56.5 Å². The molecule has 0 aliphatic carbocycles. The predicted octanol–water partition coefficient (Wildman–Crippen LogP) is 4.23. The Morgan fingerprint density at radius 3 is 2.68 bits per heavy atom. The van der Waals surface area contributed by atoms with Crippen molar-refractivity contribution in [1.82, 2.24) is 14.8 Å². The number of piperidine rings is 2. The third kappa shape index (κ3) is 6.16. The van der Waals surface area contributed by atoms with Gasteiger partial charge >= 0.3 is 0 Å². The van der Waals surface area contributed by atoms with E-state index in [1.54, 1.807) is 7.11 Å². The minimum Gasteiger partial charge on any atom is -0.379 e. The number of para-hydroxylation sites is 1. The van der Waals surface area contributed by atoms with Crippen LogP contribution >= 0.6 is 0 Å². The van der Waals surface area contributed by atoms with Gasteiger partial charge in [0.05, 0.1) is 11.6 Å². The summed E-state index contributed by atoms with van der Waals surface area (Å²) in [4.78, 5) is 22.5.